The van der Waals surface area contributed by atoms with Gasteiger partial charge in [0.25, 0.3) is 0 Å². The summed E-state index contributed by atoms with van der Waals surface area (Å²) in [6.45, 7) is 12.6. The van der Waals surface area contributed by atoms with Crippen molar-refractivity contribution in [3.05, 3.63) is 11.6 Å². The van der Waals surface area contributed by atoms with Crippen LogP contribution in [0.2, 0.25) is 0 Å². The zero-order valence-electron chi connectivity index (χ0n) is 19.1. The molecule has 7 nitrogen and oxygen atoms in total. The van der Waals surface area contributed by atoms with Crippen molar-refractivity contribution in [1.82, 2.24) is 30.3 Å². The van der Waals surface area contributed by atoms with E-state index in [2.05, 4.69) is 46.5 Å². The number of aromatic nitrogens is 3. The number of likely N-dealkylation sites (tertiary alicyclic amines) is 1. The fourth-order valence-electron chi connectivity index (χ4n) is 3.83. The Morgan fingerprint density at radius 3 is 2.69 bits per heavy atom. The zero-order valence-corrected chi connectivity index (χ0v) is 21.4. The number of aryl methyl sites for hydroxylation is 1. The standard InChI is InChI=1S/C21H41N7.HI/c1-6-8-9-10-12-17(3)24-21(22-15-19-13-11-14-28(19)7-2)23-16-20-26-25-18(4)27(20)5;/h17,19H,6-16H2,1-5H3,(H2,22,23,24);1H. The van der Waals surface area contributed by atoms with E-state index in [9.17, 15) is 0 Å². The molecule has 2 unspecified atom stereocenters. The van der Waals surface area contributed by atoms with Gasteiger partial charge in [0.2, 0.25) is 0 Å². The molecule has 2 atom stereocenters. The lowest BCUT2D eigenvalue weighted by atomic mass is 10.1. The van der Waals surface area contributed by atoms with Crippen LogP contribution in [0.3, 0.4) is 0 Å². The van der Waals surface area contributed by atoms with E-state index < -0.39 is 0 Å². The third-order valence-corrected chi connectivity index (χ3v) is 5.85. The molecule has 168 valence electrons. The van der Waals surface area contributed by atoms with E-state index in [0.29, 0.717) is 18.6 Å². The molecule has 0 radical (unpaired) electrons. The van der Waals surface area contributed by atoms with E-state index in [4.69, 9.17) is 4.99 Å². The van der Waals surface area contributed by atoms with E-state index in [0.717, 1.165) is 30.7 Å². The third kappa shape index (κ3) is 8.78. The first-order valence-electron chi connectivity index (χ1n) is 11.2. The maximum atomic E-state index is 4.82. The topological polar surface area (TPSA) is 70.4 Å². The van der Waals surface area contributed by atoms with Crippen molar-refractivity contribution in [2.24, 2.45) is 12.0 Å². The van der Waals surface area contributed by atoms with Crippen LogP contribution in [-0.4, -0.2) is 57.3 Å². The Hall–Kier alpha value is -0.900. The summed E-state index contributed by atoms with van der Waals surface area (Å²) < 4.78 is 2.01. The van der Waals surface area contributed by atoms with Crippen LogP contribution in [0.25, 0.3) is 0 Å². The monoisotopic (exact) mass is 519 g/mol. The van der Waals surface area contributed by atoms with Crippen molar-refractivity contribution in [2.75, 3.05) is 19.6 Å². The Labute approximate surface area is 194 Å². The number of aliphatic imine (C=N–C) groups is 1. The lowest BCUT2D eigenvalue weighted by molar-refractivity contribution is 0.266. The molecule has 2 heterocycles. The number of rotatable bonds is 11. The summed E-state index contributed by atoms with van der Waals surface area (Å²) in [5.74, 6) is 2.71. The second kappa shape index (κ2) is 14.2. The summed E-state index contributed by atoms with van der Waals surface area (Å²) in [6, 6.07) is 1.02. The zero-order chi connectivity index (χ0) is 20.4. The third-order valence-electron chi connectivity index (χ3n) is 5.85. The first-order chi connectivity index (χ1) is 13.5. The van der Waals surface area contributed by atoms with Gasteiger partial charge in [0.15, 0.2) is 11.8 Å². The second-order valence-corrected chi connectivity index (χ2v) is 8.09. The molecule has 0 spiro atoms. The lowest BCUT2D eigenvalue weighted by Crippen LogP contribution is -2.47. The molecule has 1 fully saturated rings. The Balaban J connectivity index is 0.00000420. The summed E-state index contributed by atoms with van der Waals surface area (Å²) in [5.41, 5.74) is 0. The van der Waals surface area contributed by atoms with Gasteiger partial charge in [0, 0.05) is 25.7 Å². The van der Waals surface area contributed by atoms with E-state index >= 15 is 0 Å². The van der Waals surface area contributed by atoms with Crippen molar-refractivity contribution in [3.8, 4) is 0 Å². The van der Waals surface area contributed by atoms with Crippen LogP contribution in [-0.2, 0) is 13.6 Å². The molecule has 1 aromatic rings. The van der Waals surface area contributed by atoms with Crippen LogP contribution in [0.1, 0.15) is 77.4 Å². The molecular weight excluding hydrogens is 477 g/mol. The maximum absolute atomic E-state index is 4.82. The summed E-state index contributed by atoms with van der Waals surface area (Å²) in [7, 11) is 1.99. The number of likely N-dealkylation sites (N-methyl/N-ethyl adjacent to an activating group) is 1. The van der Waals surface area contributed by atoms with Gasteiger partial charge in [-0.2, -0.15) is 0 Å². The molecule has 2 rings (SSSR count). The van der Waals surface area contributed by atoms with E-state index in [1.807, 2.05) is 18.5 Å². The van der Waals surface area contributed by atoms with Crippen LogP contribution in [0.5, 0.6) is 0 Å². The quantitative estimate of drug-likeness (QED) is 0.202. The molecule has 1 aliphatic rings. The van der Waals surface area contributed by atoms with Crippen molar-refractivity contribution in [1.29, 1.82) is 0 Å². The predicted molar refractivity (Wildman–Crippen MR) is 132 cm³/mol. The van der Waals surface area contributed by atoms with Crippen LogP contribution < -0.4 is 10.6 Å². The Kier molecular flexibility index (Phi) is 12.8. The first kappa shape index (κ1) is 26.1. The molecule has 1 saturated heterocycles. The minimum absolute atomic E-state index is 0. The van der Waals surface area contributed by atoms with Gasteiger partial charge in [0.05, 0.1) is 0 Å². The van der Waals surface area contributed by atoms with Gasteiger partial charge in [-0.1, -0.05) is 39.5 Å². The SMILES string of the molecule is CCCCCCC(C)NC(=NCc1nnc(C)n1C)NCC1CCCN1CC.I. The van der Waals surface area contributed by atoms with Crippen LogP contribution in [0.4, 0.5) is 0 Å². The first-order valence-corrected chi connectivity index (χ1v) is 11.2. The van der Waals surface area contributed by atoms with E-state index in [1.54, 1.807) is 0 Å². The summed E-state index contributed by atoms with van der Waals surface area (Å²) in [5, 5.41) is 15.6. The number of hydrogen-bond acceptors (Lipinski definition) is 4. The number of nitrogens with zero attached hydrogens (tertiary/aromatic N) is 5. The van der Waals surface area contributed by atoms with Gasteiger partial charge >= 0.3 is 0 Å². The van der Waals surface area contributed by atoms with Gasteiger partial charge in [-0.15, -0.1) is 34.2 Å². The highest BCUT2D eigenvalue weighted by Gasteiger charge is 2.23. The largest absolute Gasteiger partial charge is 0.355 e. The molecule has 0 aromatic carbocycles. The minimum atomic E-state index is 0. The highest BCUT2D eigenvalue weighted by atomic mass is 127. The van der Waals surface area contributed by atoms with Gasteiger partial charge in [-0.25, -0.2) is 4.99 Å². The van der Waals surface area contributed by atoms with Crippen molar-refractivity contribution < 1.29 is 0 Å². The molecule has 2 N–H and O–H groups in total. The van der Waals surface area contributed by atoms with Gasteiger partial charge < -0.3 is 15.2 Å². The van der Waals surface area contributed by atoms with E-state index in [-0.39, 0.29) is 24.0 Å². The number of hydrogen-bond donors (Lipinski definition) is 2. The maximum Gasteiger partial charge on any atom is 0.191 e. The number of nitrogens with one attached hydrogen (secondary N) is 2. The van der Waals surface area contributed by atoms with Gasteiger partial charge in [-0.05, 0) is 46.2 Å². The Morgan fingerprint density at radius 1 is 1.24 bits per heavy atom. The lowest BCUT2D eigenvalue weighted by Gasteiger charge is -2.25. The second-order valence-electron chi connectivity index (χ2n) is 8.09. The molecule has 1 aromatic heterocycles. The molecular formula is C21H42IN7. The number of halogens is 1. The average molecular weight is 520 g/mol. The highest BCUT2D eigenvalue weighted by Crippen LogP contribution is 2.15. The normalized spacial score (nSPS) is 18.5. The molecule has 0 bridgehead atoms. The summed E-state index contributed by atoms with van der Waals surface area (Å²) >= 11 is 0. The number of unbranched alkanes of at least 4 members (excludes halogenated alkanes) is 3. The molecule has 0 aliphatic carbocycles. The minimum Gasteiger partial charge on any atom is -0.355 e. The molecule has 29 heavy (non-hydrogen) atoms. The molecule has 1 aliphatic heterocycles. The van der Waals surface area contributed by atoms with Crippen LogP contribution in [0, 0.1) is 6.92 Å². The van der Waals surface area contributed by atoms with E-state index in [1.165, 1.54) is 51.5 Å². The highest BCUT2D eigenvalue weighted by molar-refractivity contribution is 14.0. The fourth-order valence-corrected chi connectivity index (χ4v) is 3.83. The van der Waals surface area contributed by atoms with Crippen molar-refractivity contribution in [3.63, 3.8) is 0 Å². The van der Waals surface area contributed by atoms with Gasteiger partial charge in [0.1, 0.15) is 12.4 Å². The fraction of sp³-hybridized carbons (Fsp3) is 0.857. The Morgan fingerprint density at radius 2 is 2.03 bits per heavy atom. The summed E-state index contributed by atoms with van der Waals surface area (Å²) in [4.78, 5) is 7.38. The molecule has 0 saturated carbocycles. The van der Waals surface area contributed by atoms with Crippen molar-refractivity contribution in [2.45, 2.75) is 91.3 Å². The number of guanidine groups is 1. The molecule has 0 amide bonds. The van der Waals surface area contributed by atoms with Crippen LogP contribution >= 0.6 is 24.0 Å². The Bertz CT molecular complexity index is 602. The molecule has 8 heteroatoms. The van der Waals surface area contributed by atoms with Crippen LogP contribution in [0.15, 0.2) is 4.99 Å². The smallest absolute Gasteiger partial charge is 0.191 e. The predicted octanol–water partition coefficient (Wildman–Crippen LogP) is 3.62. The van der Waals surface area contributed by atoms with Gasteiger partial charge in [-0.3, -0.25) is 4.90 Å². The average Bonchev–Trinajstić information content (AvgIpc) is 3.28. The summed E-state index contributed by atoms with van der Waals surface area (Å²) in [6.07, 6.45) is 8.93. The van der Waals surface area contributed by atoms with Crippen molar-refractivity contribution >= 4 is 29.9 Å².